The minimum absolute atomic E-state index is 0.0949. The number of amides is 1. The Morgan fingerprint density at radius 1 is 1.16 bits per heavy atom. The van der Waals surface area contributed by atoms with E-state index in [4.69, 9.17) is 14.2 Å². The monoisotopic (exact) mass is 703 g/mol. The van der Waals surface area contributed by atoms with E-state index < -0.39 is 12.1 Å². The van der Waals surface area contributed by atoms with Crippen LogP contribution in [0.15, 0.2) is 34.0 Å². The van der Waals surface area contributed by atoms with Crippen molar-refractivity contribution in [3.63, 3.8) is 0 Å². The maximum absolute atomic E-state index is 13.1. The summed E-state index contributed by atoms with van der Waals surface area (Å²) in [4.78, 5) is 43.0. The van der Waals surface area contributed by atoms with Gasteiger partial charge in [-0.15, -0.1) is 4.37 Å². The zero-order valence-corrected chi connectivity index (χ0v) is 28.0. The molecule has 0 saturated carbocycles. The Hall–Kier alpha value is -3.47. The van der Waals surface area contributed by atoms with Gasteiger partial charge in [-0.25, -0.2) is 4.99 Å². The number of aliphatic imine (C=N–C) groups is 1. The quantitative estimate of drug-likeness (QED) is 0.266. The van der Waals surface area contributed by atoms with E-state index in [2.05, 4.69) is 55.2 Å². The molecule has 0 aliphatic carbocycles. The highest BCUT2D eigenvalue weighted by atomic mass is 79.9. The van der Waals surface area contributed by atoms with E-state index in [9.17, 15) is 9.59 Å². The molecule has 2 N–H and O–H groups in total. The number of morpholine rings is 1. The standard InChI is InChI=1S/C29H38BrN9O5S/c1-29(2,3)34-17-19(18-43-27-26(36-45-37-27)38-13-15-42-16-14-38)44-23(41)6-4-5-22(40)39-12-11-33-28(39)35-20-7-8-21-25(24(20)30)32-10-9-31-21/h7-10,19,34H,4-6,11-18H2,1-3H3,(H,33,35)/t19-/m0/s1. The van der Waals surface area contributed by atoms with Gasteiger partial charge in [0.2, 0.25) is 17.7 Å². The van der Waals surface area contributed by atoms with E-state index >= 15 is 0 Å². The van der Waals surface area contributed by atoms with Gasteiger partial charge in [-0.05, 0) is 55.3 Å². The van der Waals surface area contributed by atoms with Crippen molar-refractivity contribution in [2.45, 2.75) is 51.7 Å². The van der Waals surface area contributed by atoms with Crippen LogP contribution in [0.25, 0.3) is 11.0 Å². The molecule has 0 spiro atoms. The molecule has 2 aromatic heterocycles. The van der Waals surface area contributed by atoms with Crippen LogP contribution >= 0.6 is 27.7 Å². The smallest absolute Gasteiger partial charge is 0.306 e. The molecule has 0 bridgehead atoms. The lowest BCUT2D eigenvalue weighted by molar-refractivity contribution is -0.150. The summed E-state index contributed by atoms with van der Waals surface area (Å²) in [6.45, 7) is 10.4. The number of guanidine groups is 1. The third-order valence-electron chi connectivity index (χ3n) is 7.05. The molecule has 1 aromatic carbocycles. The number of hydrogen-bond donors (Lipinski definition) is 2. The van der Waals surface area contributed by atoms with E-state index in [-0.39, 0.29) is 30.9 Å². The van der Waals surface area contributed by atoms with E-state index in [0.717, 1.165) is 17.2 Å². The molecular weight excluding hydrogens is 666 g/mol. The normalized spacial score (nSPS) is 17.0. The number of rotatable bonds is 12. The summed E-state index contributed by atoms with van der Waals surface area (Å²) < 4.78 is 26.6. The molecule has 45 heavy (non-hydrogen) atoms. The molecule has 16 heteroatoms. The minimum atomic E-state index is -0.557. The Morgan fingerprint density at radius 3 is 2.76 bits per heavy atom. The highest BCUT2D eigenvalue weighted by molar-refractivity contribution is 9.10. The summed E-state index contributed by atoms with van der Waals surface area (Å²) in [7, 11) is 0. The Kier molecular flexibility index (Phi) is 11.1. The predicted octanol–water partition coefficient (Wildman–Crippen LogP) is 3.05. The SMILES string of the molecule is CC(C)(C)NC[C@@H](COc1nsnc1N1CCOCC1)OC(=O)CCCC(=O)N1CCN/C1=N\c1ccc2nccnc2c1Br. The van der Waals surface area contributed by atoms with Crippen molar-refractivity contribution >= 4 is 68.0 Å². The van der Waals surface area contributed by atoms with E-state index in [1.165, 1.54) is 0 Å². The van der Waals surface area contributed by atoms with E-state index in [1.54, 1.807) is 17.3 Å². The molecule has 2 saturated heterocycles. The average Bonchev–Trinajstić information content (AvgIpc) is 3.70. The number of aromatic nitrogens is 4. The third kappa shape index (κ3) is 9.05. The summed E-state index contributed by atoms with van der Waals surface area (Å²) in [6.07, 6.45) is 3.31. The lowest BCUT2D eigenvalue weighted by Crippen LogP contribution is -2.44. The van der Waals surface area contributed by atoms with E-state index in [0.29, 0.717) is 85.7 Å². The summed E-state index contributed by atoms with van der Waals surface area (Å²) in [6, 6.07) is 3.67. The molecule has 14 nitrogen and oxygen atoms in total. The van der Waals surface area contributed by atoms with Crippen LogP contribution in [0.1, 0.15) is 40.0 Å². The van der Waals surface area contributed by atoms with Gasteiger partial charge in [0.25, 0.3) is 5.88 Å². The minimum Gasteiger partial charge on any atom is -0.470 e. The fourth-order valence-electron chi connectivity index (χ4n) is 4.74. The molecule has 2 aliphatic heterocycles. The Morgan fingerprint density at radius 2 is 1.96 bits per heavy atom. The highest BCUT2D eigenvalue weighted by Gasteiger charge is 2.26. The zero-order valence-electron chi connectivity index (χ0n) is 25.6. The van der Waals surface area contributed by atoms with Crippen LogP contribution in [-0.4, -0.2) is 106 Å². The molecular formula is C29H38BrN9O5S. The second-order valence-electron chi connectivity index (χ2n) is 11.6. The topological polar surface area (TPSA) is 156 Å². The molecule has 2 fully saturated rings. The van der Waals surface area contributed by atoms with Crippen molar-refractivity contribution in [3.05, 3.63) is 29.0 Å². The second-order valence-corrected chi connectivity index (χ2v) is 13.0. The number of benzene rings is 1. The van der Waals surface area contributed by atoms with Crippen LogP contribution in [0.3, 0.4) is 0 Å². The van der Waals surface area contributed by atoms with Gasteiger partial charge in [0.15, 0.2) is 0 Å². The molecule has 0 unspecified atom stereocenters. The maximum Gasteiger partial charge on any atom is 0.306 e. The number of nitrogens with zero attached hydrogens (tertiary/aromatic N) is 7. The van der Waals surface area contributed by atoms with Crippen molar-refractivity contribution < 1.29 is 23.8 Å². The lowest BCUT2D eigenvalue weighted by Gasteiger charge is -2.27. The van der Waals surface area contributed by atoms with Crippen LogP contribution in [0.5, 0.6) is 5.88 Å². The van der Waals surface area contributed by atoms with Gasteiger partial charge in [0.1, 0.15) is 18.2 Å². The lowest BCUT2D eigenvalue weighted by atomic mass is 10.1. The van der Waals surface area contributed by atoms with Gasteiger partial charge in [-0.3, -0.25) is 24.5 Å². The first-order valence-corrected chi connectivity index (χ1v) is 16.4. The van der Waals surface area contributed by atoms with Crippen LogP contribution in [0, 0.1) is 0 Å². The summed E-state index contributed by atoms with van der Waals surface area (Å²) in [5.41, 5.74) is 1.89. The zero-order chi connectivity index (χ0) is 31.8. The summed E-state index contributed by atoms with van der Waals surface area (Å²) in [5, 5.41) is 6.56. The van der Waals surface area contributed by atoms with Gasteiger partial charge < -0.3 is 29.7 Å². The highest BCUT2D eigenvalue weighted by Crippen LogP contribution is 2.32. The Balaban J connectivity index is 1.14. The number of carbonyl (C=O) groups excluding carboxylic acids is 2. The summed E-state index contributed by atoms with van der Waals surface area (Å²) >= 11 is 4.65. The number of ether oxygens (including phenoxy) is 3. The number of fused-ring (bicyclic) bond motifs is 1. The molecule has 1 atom stereocenters. The van der Waals surface area contributed by atoms with Crippen molar-refractivity contribution in [2.75, 3.05) is 57.4 Å². The Labute approximate surface area is 274 Å². The molecule has 4 heterocycles. The molecule has 0 radical (unpaired) electrons. The molecule has 3 aromatic rings. The van der Waals surface area contributed by atoms with Crippen LogP contribution in [0.2, 0.25) is 0 Å². The molecule has 2 aliphatic rings. The number of esters is 1. The number of anilines is 1. The summed E-state index contributed by atoms with van der Waals surface area (Å²) in [5.74, 6) is 1.04. The average molecular weight is 705 g/mol. The van der Waals surface area contributed by atoms with Crippen LogP contribution in [0.4, 0.5) is 11.5 Å². The largest absolute Gasteiger partial charge is 0.470 e. The van der Waals surface area contributed by atoms with Crippen molar-refractivity contribution in [1.82, 2.24) is 34.2 Å². The van der Waals surface area contributed by atoms with Gasteiger partial charge in [0, 0.05) is 63.5 Å². The number of hydrogen-bond acceptors (Lipinski definition) is 13. The molecule has 5 rings (SSSR count). The molecule has 242 valence electrons. The van der Waals surface area contributed by atoms with Gasteiger partial charge >= 0.3 is 5.97 Å². The number of carbonyl (C=O) groups is 2. The second kappa shape index (κ2) is 15.2. The van der Waals surface area contributed by atoms with Crippen molar-refractivity contribution in [3.8, 4) is 5.88 Å². The fourth-order valence-corrected chi connectivity index (χ4v) is 5.79. The van der Waals surface area contributed by atoms with Crippen LogP contribution < -0.4 is 20.3 Å². The number of nitrogens with one attached hydrogen (secondary N) is 2. The van der Waals surface area contributed by atoms with Crippen molar-refractivity contribution in [1.29, 1.82) is 0 Å². The van der Waals surface area contributed by atoms with Gasteiger partial charge in [-0.2, -0.15) is 4.37 Å². The maximum atomic E-state index is 13.1. The first-order chi connectivity index (χ1) is 21.7. The first kappa shape index (κ1) is 32.9. The first-order valence-electron chi connectivity index (χ1n) is 14.9. The Bertz CT molecular complexity index is 1510. The predicted molar refractivity (Wildman–Crippen MR) is 174 cm³/mol. The third-order valence-corrected chi connectivity index (χ3v) is 8.33. The van der Waals surface area contributed by atoms with Crippen LogP contribution in [-0.2, 0) is 19.1 Å². The van der Waals surface area contributed by atoms with Crippen molar-refractivity contribution in [2.24, 2.45) is 4.99 Å². The number of halogens is 1. The van der Waals surface area contributed by atoms with E-state index in [1.807, 2.05) is 32.9 Å². The van der Waals surface area contributed by atoms with Gasteiger partial charge in [-0.1, -0.05) is 0 Å². The fraction of sp³-hybridized carbons (Fsp3) is 0.552. The molecule has 1 amide bonds. The van der Waals surface area contributed by atoms with Gasteiger partial charge in [0.05, 0.1) is 40.6 Å².